The van der Waals surface area contributed by atoms with Crippen molar-refractivity contribution in [3.8, 4) is 5.75 Å². The second-order valence-electron chi connectivity index (χ2n) is 4.23. The number of rotatable bonds is 4. The molecule has 3 heteroatoms. The van der Waals surface area contributed by atoms with E-state index in [4.69, 9.17) is 10.5 Å². The molecule has 16 heavy (non-hydrogen) atoms. The Morgan fingerprint density at radius 3 is 2.75 bits per heavy atom. The molecule has 0 spiro atoms. The highest BCUT2D eigenvalue weighted by Crippen LogP contribution is 2.33. The van der Waals surface area contributed by atoms with Crippen molar-refractivity contribution >= 4 is 11.4 Å². The standard InChI is InChI=1S/C13H20N2O/c1-2-10-16-12-7-5-6-11(13(12)14)15-8-3-4-9-15/h5-7H,2-4,8-10,14H2,1H3. The monoisotopic (exact) mass is 220 g/mol. The lowest BCUT2D eigenvalue weighted by Gasteiger charge is -2.21. The molecule has 3 nitrogen and oxygen atoms in total. The number of hydrogen-bond acceptors (Lipinski definition) is 3. The largest absolute Gasteiger partial charge is 0.491 e. The summed E-state index contributed by atoms with van der Waals surface area (Å²) in [6.45, 7) is 5.05. The predicted molar refractivity (Wildman–Crippen MR) is 68.1 cm³/mol. The zero-order chi connectivity index (χ0) is 11.4. The van der Waals surface area contributed by atoms with Crippen LogP contribution >= 0.6 is 0 Å². The molecule has 0 saturated carbocycles. The van der Waals surface area contributed by atoms with E-state index in [9.17, 15) is 0 Å². The number of benzene rings is 1. The summed E-state index contributed by atoms with van der Waals surface area (Å²) in [7, 11) is 0. The summed E-state index contributed by atoms with van der Waals surface area (Å²) >= 11 is 0. The van der Waals surface area contributed by atoms with Gasteiger partial charge in [0.25, 0.3) is 0 Å². The van der Waals surface area contributed by atoms with Crippen LogP contribution in [0, 0.1) is 0 Å². The van der Waals surface area contributed by atoms with Crippen molar-refractivity contribution in [2.75, 3.05) is 30.3 Å². The number of nitrogen functional groups attached to an aromatic ring is 1. The number of anilines is 2. The van der Waals surface area contributed by atoms with Gasteiger partial charge in [0.1, 0.15) is 5.75 Å². The van der Waals surface area contributed by atoms with Gasteiger partial charge in [-0.05, 0) is 31.4 Å². The lowest BCUT2D eigenvalue weighted by molar-refractivity contribution is 0.319. The van der Waals surface area contributed by atoms with Crippen LogP contribution in [0.2, 0.25) is 0 Å². The van der Waals surface area contributed by atoms with E-state index in [1.807, 2.05) is 12.1 Å². The van der Waals surface area contributed by atoms with E-state index in [1.54, 1.807) is 0 Å². The van der Waals surface area contributed by atoms with E-state index < -0.39 is 0 Å². The molecule has 1 heterocycles. The van der Waals surface area contributed by atoms with E-state index >= 15 is 0 Å². The molecule has 2 rings (SSSR count). The van der Waals surface area contributed by atoms with Crippen LogP contribution in [-0.2, 0) is 0 Å². The SMILES string of the molecule is CCCOc1cccc(N2CCCC2)c1N. The first-order chi connectivity index (χ1) is 7.83. The van der Waals surface area contributed by atoms with Gasteiger partial charge in [-0.2, -0.15) is 0 Å². The molecule has 1 aliphatic rings. The van der Waals surface area contributed by atoms with Gasteiger partial charge >= 0.3 is 0 Å². The average Bonchev–Trinajstić information content (AvgIpc) is 2.81. The van der Waals surface area contributed by atoms with E-state index in [0.29, 0.717) is 0 Å². The molecule has 0 aromatic heterocycles. The highest BCUT2D eigenvalue weighted by molar-refractivity contribution is 5.74. The molecular weight excluding hydrogens is 200 g/mol. The molecule has 0 amide bonds. The Morgan fingerprint density at radius 2 is 2.06 bits per heavy atom. The molecule has 1 fully saturated rings. The zero-order valence-electron chi connectivity index (χ0n) is 9.91. The molecule has 1 saturated heterocycles. The number of hydrogen-bond donors (Lipinski definition) is 1. The zero-order valence-corrected chi connectivity index (χ0v) is 9.91. The summed E-state index contributed by atoms with van der Waals surface area (Å²) in [6.07, 6.45) is 3.53. The van der Waals surface area contributed by atoms with Gasteiger partial charge in [-0.15, -0.1) is 0 Å². The maximum atomic E-state index is 6.14. The summed E-state index contributed by atoms with van der Waals surface area (Å²) in [5, 5.41) is 0. The Kier molecular flexibility index (Phi) is 3.54. The Hall–Kier alpha value is -1.38. The molecule has 0 atom stereocenters. The van der Waals surface area contributed by atoms with E-state index in [2.05, 4.69) is 17.9 Å². The van der Waals surface area contributed by atoms with E-state index in [-0.39, 0.29) is 0 Å². The lowest BCUT2D eigenvalue weighted by Crippen LogP contribution is -2.19. The van der Waals surface area contributed by atoms with E-state index in [0.717, 1.165) is 43.2 Å². The molecule has 0 aliphatic carbocycles. The van der Waals surface area contributed by atoms with Crippen LogP contribution < -0.4 is 15.4 Å². The van der Waals surface area contributed by atoms with Gasteiger partial charge < -0.3 is 15.4 Å². The minimum atomic E-state index is 0.730. The van der Waals surface area contributed by atoms with Gasteiger partial charge in [0.05, 0.1) is 18.0 Å². The van der Waals surface area contributed by atoms with Gasteiger partial charge in [0, 0.05) is 13.1 Å². The Morgan fingerprint density at radius 1 is 1.31 bits per heavy atom. The number of nitrogens with zero attached hydrogens (tertiary/aromatic N) is 1. The smallest absolute Gasteiger partial charge is 0.144 e. The highest BCUT2D eigenvalue weighted by atomic mass is 16.5. The van der Waals surface area contributed by atoms with Crippen molar-refractivity contribution in [2.24, 2.45) is 0 Å². The highest BCUT2D eigenvalue weighted by Gasteiger charge is 2.16. The Balaban J connectivity index is 2.18. The predicted octanol–water partition coefficient (Wildman–Crippen LogP) is 2.66. The van der Waals surface area contributed by atoms with Crippen molar-refractivity contribution in [1.29, 1.82) is 0 Å². The first-order valence-corrected chi connectivity index (χ1v) is 6.09. The van der Waals surface area contributed by atoms with Gasteiger partial charge in [0.2, 0.25) is 0 Å². The number of para-hydroxylation sites is 1. The number of ether oxygens (including phenoxy) is 1. The molecule has 1 aromatic carbocycles. The molecule has 0 radical (unpaired) electrons. The van der Waals surface area contributed by atoms with Crippen molar-refractivity contribution in [3.63, 3.8) is 0 Å². The normalized spacial score (nSPS) is 15.4. The third kappa shape index (κ3) is 2.23. The maximum Gasteiger partial charge on any atom is 0.144 e. The molecule has 1 aromatic rings. The fourth-order valence-corrected chi connectivity index (χ4v) is 2.10. The Labute approximate surface area is 97.2 Å². The third-order valence-corrected chi connectivity index (χ3v) is 2.95. The van der Waals surface area contributed by atoms with Crippen LogP contribution in [0.25, 0.3) is 0 Å². The fourth-order valence-electron chi connectivity index (χ4n) is 2.10. The summed E-state index contributed by atoms with van der Waals surface area (Å²) in [5.74, 6) is 0.825. The molecule has 0 bridgehead atoms. The van der Waals surface area contributed by atoms with Crippen LogP contribution in [-0.4, -0.2) is 19.7 Å². The minimum Gasteiger partial charge on any atom is -0.491 e. The van der Waals surface area contributed by atoms with Crippen molar-refractivity contribution in [1.82, 2.24) is 0 Å². The fraction of sp³-hybridized carbons (Fsp3) is 0.538. The summed E-state index contributed by atoms with van der Waals surface area (Å²) in [6, 6.07) is 6.05. The molecule has 88 valence electrons. The minimum absolute atomic E-state index is 0.730. The van der Waals surface area contributed by atoms with Gasteiger partial charge in [-0.1, -0.05) is 13.0 Å². The maximum absolute atomic E-state index is 6.14. The van der Waals surface area contributed by atoms with Gasteiger partial charge in [-0.3, -0.25) is 0 Å². The summed E-state index contributed by atoms with van der Waals surface area (Å²) in [5.41, 5.74) is 8.06. The molecular formula is C13H20N2O. The van der Waals surface area contributed by atoms with E-state index in [1.165, 1.54) is 12.8 Å². The van der Waals surface area contributed by atoms with Crippen LogP contribution in [0.3, 0.4) is 0 Å². The topological polar surface area (TPSA) is 38.5 Å². The molecule has 0 unspecified atom stereocenters. The first kappa shape index (κ1) is 11.1. The molecule has 1 aliphatic heterocycles. The summed E-state index contributed by atoms with van der Waals surface area (Å²) in [4.78, 5) is 2.34. The van der Waals surface area contributed by atoms with Crippen LogP contribution in [0.5, 0.6) is 5.75 Å². The Bertz CT molecular complexity index is 346. The van der Waals surface area contributed by atoms with Crippen molar-refractivity contribution in [3.05, 3.63) is 18.2 Å². The lowest BCUT2D eigenvalue weighted by atomic mass is 10.2. The average molecular weight is 220 g/mol. The van der Waals surface area contributed by atoms with Crippen molar-refractivity contribution in [2.45, 2.75) is 26.2 Å². The van der Waals surface area contributed by atoms with Gasteiger partial charge in [0.15, 0.2) is 0 Å². The second-order valence-corrected chi connectivity index (χ2v) is 4.23. The summed E-state index contributed by atoms with van der Waals surface area (Å²) < 4.78 is 5.63. The van der Waals surface area contributed by atoms with Crippen molar-refractivity contribution < 1.29 is 4.74 Å². The van der Waals surface area contributed by atoms with Gasteiger partial charge in [-0.25, -0.2) is 0 Å². The first-order valence-electron chi connectivity index (χ1n) is 6.09. The third-order valence-electron chi connectivity index (χ3n) is 2.95. The van der Waals surface area contributed by atoms with Crippen LogP contribution in [0.4, 0.5) is 11.4 Å². The molecule has 2 N–H and O–H groups in total. The quantitative estimate of drug-likeness (QED) is 0.793. The second kappa shape index (κ2) is 5.10. The van der Waals surface area contributed by atoms with Crippen LogP contribution in [0.15, 0.2) is 18.2 Å². The number of nitrogens with two attached hydrogens (primary N) is 1. The van der Waals surface area contributed by atoms with Crippen LogP contribution in [0.1, 0.15) is 26.2 Å².